The van der Waals surface area contributed by atoms with Crippen LogP contribution in [0.15, 0.2) is 42.5 Å². The van der Waals surface area contributed by atoms with Crippen molar-refractivity contribution in [2.45, 2.75) is 77.2 Å². The van der Waals surface area contributed by atoms with Gasteiger partial charge in [-0.15, -0.1) is 0 Å². The third-order valence-corrected chi connectivity index (χ3v) is 9.24. The number of ether oxygens (including phenoxy) is 2. The number of amides is 2. The number of aliphatic hydroxyl groups excluding tert-OH is 1. The average Bonchev–Trinajstić information content (AvgIpc) is 3.25. The Bertz CT molecular complexity index is 1210. The van der Waals surface area contributed by atoms with Gasteiger partial charge in [-0.25, -0.2) is 0 Å². The van der Waals surface area contributed by atoms with Crippen LogP contribution in [0.25, 0.3) is 0 Å². The molecule has 0 saturated carbocycles. The SMILES string of the molecule is CC[C@H](C)[C@H](CO)N1C(=O)[C@@H]2[C@H]3C(=O)OCCC/C=C\[C@@]3(C)O[C@@]23C=CCN(c2c(C)cccc2C)C(=O)C13. The fraction of sp³-hybridized carbons (Fsp3) is 0.581. The number of likely N-dealkylation sites (tertiary alicyclic amines) is 1. The molecule has 1 N–H and O–H groups in total. The summed E-state index contributed by atoms with van der Waals surface area (Å²) in [5, 5.41) is 10.6. The molecule has 8 nitrogen and oxygen atoms in total. The number of carbonyl (C=O) groups is 3. The second-order valence-corrected chi connectivity index (χ2v) is 11.7. The molecule has 210 valence electrons. The highest BCUT2D eigenvalue weighted by atomic mass is 16.6. The lowest BCUT2D eigenvalue weighted by molar-refractivity contribution is -0.160. The number of aliphatic hydroxyl groups is 1. The maximum Gasteiger partial charge on any atom is 0.313 e. The molecule has 0 aliphatic carbocycles. The van der Waals surface area contributed by atoms with Crippen LogP contribution in [0.2, 0.25) is 0 Å². The fourth-order valence-electron chi connectivity index (χ4n) is 7.18. The summed E-state index contributed by atoms with van der Waals surface area (Å²) >= 11 is 0. The van der Waals surface area contributed by atoms with Crippen molar-refractivity contribution in [3.63, 3.8) is 0 Å². The number of nitrogens with zero attached hydrogens (tertiary/aromatic N) is 2. The van der Waals surface area contributed by atoms with E-state index in [2.05, 4.69) is 0 Å². The predicted octanol–water partition coefficient (Wildman–Crippen LogP) is 3.48. The Kier molecular flexibility index (Phi) is 7.22. The van der Waals surface area contributed by atoms with Crippen LogP contribution in [-0.2, 0) is 23.9 Å². The van der Waals surface area contributed by atoms with Crippen molar-refractivity contribution < 1.29 is 29.0 Å². The second-order valence-electron chi connectivity index (χ2n) is 11.7. The minimum atomic E-state index is -1.39. The van der Waals surface area contributed by atoms with Gasteiger partial charge >= 0.3 is 5.97 Å². The molecule has 8 heteroatoms. The molecule has 1 unspecified atom stereocenters. The lowest BCUT2D eigenvalue weighted by Crippen LogP contribution is -2.60. The maximum absolute atomic E-state index is 14.7. The highest BCUT2D eigenvalue weighted by Gasteiger charge is 2.75. The van der Waals surface area contributed by atoms with E-state index in [9.17, 15) is 19.5 Å². The molecule has 0 bridgehead atoms. The smallest absolute Gasteiger partial charge is 0.313 e. The number of hydrogen-bond donors (Lipinski definition) is 1. The van der Waals surface area contributed by atoms with Gasteiger partial charge in [-0.2, -0.15) is 0 Å². The van der Waals surface area contributed by atoms with Gasteiger partial charge in [0.15, 0.2) is 0 Å². The molecule has 1 aromatic carbocycles. The number of hydrogen-bond acceptors (Lipinski definition) is 6. The minimum absolute atomic E-state index is 0.0812. The molecule has 0 radical (unpaired) electrons. The molecule has 4 aliphatic rings. The van der Waals surface area contributed by atoms with Gasteiger partial charge < -0.3 is 24.4 Å². The molecular weight excluding hydrogens is 496 g/mol. The van der Waals surface area contributed by atoms with Crippen LogP contribution in [0, 0.1) is 31.6 Å². The van der Waals surface area contributed by atoms with Gasteiger partial charge in [0.2, 0.25) is 5.91 Å². The summed E-state index contributed by atoms with van der Waals surface area (Å²) in [6, 6.07) is 4.23. The zero-order valence-corrected chi connectivity index (χ0v) is 23.6. The first-order chi connectivity index (χ1) is 18.6. The van der Waals surface area contributed by atoms with Gasteiger partial charge in [-0.3, -0.25) is 14.4 Å². The molecule has 1 spiro atoms. The Hall–Kier alpha value is -2.97. The van der Waals surface area contributed by atoms with Crippen molar-refractivity contribution >= 4 is 23.5 Å². The van der Waals surface area contributed by atoms with E-state index in [0.29, 0.717) is 19.4 Å². The summed E-state index contributed by atoms with van der Waals surface area (Å²) in [5.74, 6) is -3.07. The van der Waals surface area contributed by atoms with Gasteiger partial charge in [0.25, 0.3) is 5.91 Å². The Balaban J connectivity index is 1.72. The molecule has 0 aromatic heterocycles. The largest absolute Gasteiger partial charge is 0.465 e. The number of anilines is 1. The van der Waals surface area contributed by atoms with Crippen LogP contribution in [0.1, 0.15) is 51.2 Å². The van der Waals surface area contributed by atoms with Crippen LogP contribution >= 0.6 is 0 Å². The average molecular weight is 537 g/mol. The molecule has 4 aliphatic heterocycles. The van der Waals surface area contributed by atoms with Crippen LogP contribution in [0.5, 0.6) is 0 Å². The number of benzene rings is 1. The quantitative estimate of drug-likeness (QED) is 0.457. The van der Waals surface area contributed by atoms with Crippen molar-refractivity contribution in [3.05, 3.63) is 53.6 Å². The molecule has 39 heavy (non-hydrogen) atoms. The molecular formula is C31H40N2O6. The van der Waals surface area contributed by atoms with Crippen LogP contribution in [0.4, 0.5) is 5.69 Å². The zero-order chi connectivity index (χ0) is 28.1. The van der Waals surface area contributed by atoms with E-state index in [1.165, 1.54) is 0 Å². The van der Waals surface area contributed by atoms with Crippen molar-refractivity contribution in [2.24, 2.45) is 17.8 Å². The fourth-order valence-corrected chi connectivity index (χ4v) is 7.18. The van der Waals surface area contributed by atoms with E-state index >= 15 is 0 Å². The summed E-state index contributed by atoms with van der Waals surface area (Å²) < 4.78 is 12.5. The Morgan fingerprint density at radius 2 is 1.79 bits per heavy atom. The van der Waals surface area contributed by atoms with Crippen LogP contribution in [0.3, 0.4) is 0 Å². The zero-order valence-electron chi connectivity index (χ0n) is 23.6. The van der Waals surface area contributed by atoms with Crippen molar-refractivity contribution in [2.75, 3.05) is 24.7 Å². The number of para-hydroxylation sites is 1. The van der Waals surface area contributed by atoms with E-state index in [-0.39, 0.29) is 30.9 Å². The summed E-state index contributed by atoms with van der Waals surface area (Å²) in [6.07, 6.45) is 9.68. The molecule has 2 fully saturated rings. The first-order valence-corrected chi connectivity index (χ1v) is 14.1. The van der Waals surface area contributed by atoms with Crippen molar-refractivity contribution in [1.29, 1.82) is 0 Å². The van der Waals surface area contributed by atoms with Crippen molar-refractivity contribution in [3.8, 4) is 0 Å². The van der Waals surface area contributed by atoms with E-state index in [1.807, 2.05) is 77.1 Å². The lowest BCUT2D eigenvalue weighted by Gasteiger charge is -2.41. The van der Waals surface area contributed by atoms with Crippen LogP contribution in [-0.4, -0.2) is 70.8 Å². The predicted molar refractivity (Wildman–Crippen MR) is 147 cm³/mol. The number of carbonyl (C=O) groups excluding carboxylic acids is 3. The summed E-state index contributed by atoms with van der Waals surface area (Å²) in [6.45, 7) is 9.98. The maximum atomic E-state index is 14.7. The lowest BCUT2D eigenvalue weighted by atomic mass is 9.74. The molecule has 1 aromatic rings. The molecule has 2 saturated heterocycles. The van der Waals surface area contributed by atoms with Gasteiger partial charge in [-0.1, -0.05) is 62.8 Å². The summed E-state index contributed by atoms with van der Waals surface area (Å²) in [7, 11) is 0. The first kappa shape index (κ1) is 27.6. The molecule has 7 atom stereocenters. The Morgan fingerprint density at radius 1 is 1.08 bits per heavy atom. The number of aryl methyl sites for hydroxylation is 2. The highest BCUT2D eigenvalue weighted by Crippen LogP contribution is 2.58. The van der Waals surface area contributed by atoms with E-state index in [0.717, 1.165) is 23.2 Å². The van der Waals surface area contributed by atoms with E-state index in [4.69, 9.17) is 9.47 Å². The number of cyclic esters (lactones) is 1. The normalized spacial score (nSPS) is 34.7. The van der Waals surface area contributed by atoms with Gasteiger partial charge in [-0.05, 0) is 50.7 Å². The number of fused-ring (bicyclic) bond motifs is 2. The summed E-state index contributed by atoms with van der Waals surface area (Å²) in [4.78, 5) is 46.1. The third-order valence-electron chi connectivity index (χ3n) is 9.24. The Morgan fingerprint density at radius 3 is 2.46 bits per heavy atom. The molecule has 2 amide bonds. The van der Waals surface area contributed by atoms with E-state index in [1.54, 1.807) is 9.80 Å². The third kappa shape index (κ3) is 4.14. The van der Waals surface area contributed by atoms with E-state index < -0.39 is 41.1 Å². The second kappa shape index (κ2) is 10.2. The van der Waals surface area contributed by atoms with Crippen LogP contribution < -0.4 is 4.90 Å². The van der Waals surface area contributed by atoms with Crippen molar-refractivity contribution in [1.82, 2.24) is 4.90 Å². The number of esters is 1. The van der Waals surface area contributed by atoms with Gasteiger partial charge in [0.05, 0.1) is 30.8 Å². The number of allylic oxidation sites excluding steroid dienone is 1. The van der Waals surface area contributed by atoms with Gasteiger partial charge in [0.1, 0.15) is 17.6 Å². The molecule has 5 rings (SSSR count). The standard InChI is InChI=1S/C31H40N2O6/c1-6-19(2)22(18-34)33-26-28(36)32(25-20(3)12-10-13-21(25)4)16-11-15-31(26)23(27(33)35)24-29(37)38-17-9-7-8-14-30(24,5)39-31/h8,10-15,19,22-24,26,34H,6-7,9,16-18H2,1-5H3/b14-8-/t19-,22-,23-,24-,26?,30+,31-/m0/s1. The molecule has 4 heterocycles. The Labute approximate surface area is 230 Å². The highest BCUT2D eigenvalue weighted by molar-refractivity contribution is 6.06. The topological polar surface area (TPSA) is 96.4 Å². The van der Waals surface area contributed by atoms with Gasteiger partial charge in [0, 0.05) is 12.2 Å². The monoisotopic (exact) mass is 536 g/mol. The summed E-state index contributed by atoms with van der Waals surface area (Å²) in [5.41, 5.74) is 0.182. The first-order valence-electron chi connectivity index (χ1n) is 14.1. The minimum Gasteiger partial charge on any atom is -0.465 e. The number of rotatable bonds is 5.